The molecule has 0 atom stereocenters. The number of rotatable bonds is 6. The fraction of sp³-hybridized carbons (Fsp3) is 0.438. The van der Waals surface area contributed by atoms with Gasteiger partial charge in [-0.15, -0.1) is 0 Å². The number of hydrogen-bond acceptors (Lipinski definition) is 4. The summed E-state index contributed by atoms with van der Waals surface area (Å²) in [5.74, 6) is 0.776. The van der Waals surface area contributed by atoms with Crippen molar-refractivity contribution in [2.75, 3.05) is 19.7 Å². The average molecular weight is 323 g/mol. The van der Waals surface area contributed by atoms with Gasteiger partial charge in [0.05, 0.1) is 23.9 Å². The first-order valence-electron chi connectivity index (χ1n) is 7.41. The van der Waals surface area contributed by atoms with Crippen molar-refractivity contribution in [2.45, 2.75) is 26.2 Å². The zero-order valence-electron chi connectivity index (χ0n) is 12.1. The number of ether oxygens (including phenoxy) is 1. The van der Waals surface area contributed by atoms with Crippen molar-refractivity contribution >= 4 is 34.2 Å². The minimum atomic E-state index is 0.680. The van der Waals surface area contributed by atoms with E-state index in [4.69, 9.17) is 16.3 Å². The van der Waals surface area contributed by atoms with Crippen LogP contribution >= 0.6 is 23.4 Å². The van der Waals surface area contributed by atoms with Crippen LogP contribution < -0.4 is 4.74 Å². The van der Waals surface area contributed by atoms with Gasteiger partial charge in [0.2, 0.25) is 0 Å². The van der Waals surface area contributed by atoms with E-state index < -0.39 is 0 Å². The number of amidine groups is 1. The van der Waals surface area contributed by atoms with E-state index in [-0.39, 0.29) is 0 Å². The Kier molecular flexibility index (Phi) is 4.76. The van der Waals surface area contributed by atoms with Gasteiger partial charge in [-0.05, 0) is 24.6 Å². The van der Waals surface area contributed by atoms with E-state index in [0.717, 1.165) is 42.6 Å². The molecule has 5 heteroatoms. The Morgan fingerprint density at radius 1 is 1.38 bits per heavy atom. The maximum atomic E-state index is 6.36. The van der Waals surface area contributed by atoms with Gasteiger partial charge in [0.15, 0.2) is 5.17 Å². The number of benzene rings is 1. The van der Waals surface area contributed by atoms with Gasteiger partial charge in [0.25, 0.3) is 0 Å². The molecule has 0 aliphatic carbocycles. The quantitative estimate of drug-likeness (QED) is 0.714. The molecule has 21 heavy (non-hydrogen) atoms. The van der Waals surface area contributed by atoms with Gasteiger partial charge < -0.3 is 9.64 Å². The predicted octanol–water partition coefficient (Wildman–Crippen LogP) is 4.63. The molecular formula is C16H19ClN2OS. The second kappa shape index (κ2) is 6.75. The van der Waals surface area contributed by atoms with Gasteiger partial charge in [-0.2, -0.15) is 0 Å². The molecule has 3 rings (SSSR count). The first-order chi connectivity index (χ1) is 10.3. The molecule has 0 spiro atoms. The molecule has 0 saturated heterocycles. The van der Waals surface area contributed by atoms with Crippen LogP contribution in [0.15, 0.2) is 28.6 Å². The van der Waals surface area contributed by atoms with E-state index in [1.807, 2.05) is 12.1 Å². The third-order valence-corrected chi connectivity index (χ3v) is 4.80. The third-order valence-electron chi connectivity index (χ3n) is 3.60. The van der Waals surface area contributed by atoms with E-state index in [9.17, 15) is 0 Å². The van der Waals surface area contributed by atoms with Crippen molar-refractivity contribution in [2.24, 2.45) is 4.99 Å². The zero-order valence-corrected chi connectivity index (χ0v) is 13.7. The number of nitrogens with zero attached hydrogens (tertiary/aromatic N) is 2. The molecule has 2 aliphatic heterocycles. The van der Waals surface area contributed by atoms with E-state index >= 15 is 0 Å². The summed E-state index contributed by atoms with van der Waals surface area (Å²) in [5, 5.41) is 3.92. The van der Waals surface area contributed by atoms with E-state index in [2.05, 4.69) is 28.3 Å². The molecule has 0 N–H and O–H groups in total. The van der Waals surface area contributed by atoms with Crippen molar-refractivity contribution in [3.05, 3.63) is 34.2 Å². The minimum Gasteiger partial charge on any atom is -0.492 e. The SMILES string of the molecule is CCCCCOc1ccc(C2=CSC3=NCCN23)cc1Cl. The predicted molar refractivity (Wildman–Crippen MR) is 91.0 cm³/mol. The highest BCUT2D eigenvalue weighted by atomic mass is 35.5. The lowest BCUT2D eigenvalue weighted by Crippen LogP contribution is -2.19. The Hall–Kier alpha value is -1.13. The van der Waals surface area contributed by atoms with E-state index in [0.29, 0.717) is 5.02 Å². The number of aliphatic imine (C=N–C) groups is 1. The van der Waals surface area contributed by atoms with Gasteiger partial charge in [0, 0.05) is 17.5 Å². The van der Waals surface area contributed by atoms with Crippen LogP contribution in [0, 0.1) is 0 Å². The largest absolute Gasteiger partial charge is 0.492 e. The molecule has 0 saturated carbocycles. The Balaban J connectivity index is 1.68. The van der Waals surface area contributed by atoms with Crippen LogP contribution in [0.4, 0.5) is 0 Å². The summed E-state index contributed by atoms with van der Waals surface area (Å²) in [4.78, 5) is 6.72. The van der Waals surface area contributed by atoms with Crippen LogP contribution in [0.1, 0.15) is 31.7 Å². The maximum Gasteiger partial charge on any atom is 0.168 e. The van der Waals surface area contributed by atoms with Gasteiger partial charge in [-0.1, -0.05) is 43.1 Å². The number of fused-ring (bicyclic) bond motifs is 1. The van der Waals surface area contributed by atoms with Gasteiger partial charge in [-0.25, -0.2) is 0 Å². The number of halogens is 1. The highest BCUT2D eigenvalue weighted by Crippen LogP contribution is 2.37. The molecule has 0 aromatic heterocycles. The molecule has 0 unspecified atom stereocenters. The van der Waals surface area contributed by atoms with Gasteiger partial charge >= 0.3 is 0 Å². The first-order valence-corrected chi connectivity index (χ1v) is 8.67. The van der Waals surface area contributed by atoms with Crippen LogP contribution in [0.5, 0.6) is 5.75 Å². The Labute approximate surface area is 135 Å². The number of thioether (sulfide) groups is 1. The second-order valence-corrected chi connectivity index (χ2v) is 6.38. The summed E-state index contributed by atoms with van der Waals surface area (Å²) in [6.45, 7) is 4.76. The van der Waals surface area contributed by atoms with E-state index in [1.165, 1.54) is 18.5 Å². The Morgan fingerprint density at radius 3 is 3.10 bits per heavy atom. The van der Waals surface area contributed by atoms with Crippen LogP contribution in [0.3, 0.4) is 0 Å². The molecule has 0 amide bonds. The highest BCUT2D eigenvalue weighted by molar-refractivity contribution is 8.16. The third kappa shape index (κ3) is 3.22. The lowest BCUT2D eigenvalue weighted by Gasteiger charge is -2.17. The molecule has 2 aliphatic rings. The summed E-state index contributed by atoms with van der Waals surface area (Å²) < 4.78 is 5.75. The fourth-order valence-electron chi connectivity index (χ4n) is 2.46. The minimum absolute atomic E-state index is 0.680. The Morgan fingerprint density at radius 2 is 2.29 bits per heavy atom. The standard InChI is InChI=1S/C16H19ClN2OS/c1-2-3-4-9-20-15-6-5-12(10-13(15)17)14-11-21-16-18-7-8-19(14)16/h5-6,10-11H,2-4,7-9H2,1H3. The molecule has 2 heterocycles. The average Bonchev–Trinajstić information content (AvgIpc) is 3.07. The Bertz CT molecular complexity index is 586. The highest BCUT2D eigenvalue weighted by Gasteiger charge is 2.27. The van der Waals surface area contributed by atoms with Crippen molar-refractivity contribution in [3.63, 3.8) is 0 Å². The molecule has 0 bridgehead atoms. The van der Waals surface area contributed by atoms with Crippen molar-refractivity contribution in [3.8, 4) is 5.75 Å². The summed E-state index contributed by atoms with van der Waals surface area (Å²) >= 11 is 8.04. The van der Waals surface area contributed by atoms with Crippen molar-refractivity contribution < 1.29 is 4.74 Å². The molecule has 0 fully saturated rings. The van der Waals surface area contributed by atoms with Crippen LogP contribution in [0.25, 0.3) is 5.70 Å². The molecule has 1 aromatic rings. The lowest BCUT2D eigenvalue weighted by molar-refractivity contribution is 0.306. The van der Waals surface area contributed by atoms with Crippen LogP contribution in [-0.4, -0.2) is 29.8 Å². The normalized spacial score (nSPS) is 16.8. The molecule has 3 nitrogen and oxygen atoms in total. The number of hydrogen-bond donors (Lipinski definition) is 0. The van der Waals surface area contributed by atoms with Gasteiger partial charge in [0.1, 0.15) is 5.75 Å². The van der Waals surface area contributed by atoms with Crippen LogP contribution in [0.2, 0.25) is 5.02 Å². The van der Waals surface area contributed by atoms with Crippen LogP contribution in [-0.2, 0) is 0 Å². The maximum absolute atomic E-state index is 6.36. The molecule has 0 radical (unpaired) electrons. The monoisotopic (exact) mass is 322 g/mol. The molecule has 1 aromatic carbocycles. The first kappa shape index (κ1) is 14.8. The zero-order chi connectivity index (χ0) is 14.7. The fourth-order valence-corrected chi connectivity index (χ4v) is 3.66. The van der Waals surface area contributed by atoms with E-state index in [1.54, 1.807) is 11.8 Å². The van der Waals surface area contributed by atoms with Crippen molar-refractivity contribution in [1.29, 1.82) is 0 Å². The molecular weight excluding hydrogens is 304 g/mol. The molecule has 112 valence electrons. The van der Waals surface area contributed by atoms with Gasteiger partial charge in [-0.3, -0.25) is 4.99 Å². The summed E-state index contributed by atoms with van der Waals surface area (Å²) in [5.41, 5.74) is 2.32. The number of unbranched alkanes of at least 4 members (excludes halogenated alkanes) is 2. The smallest absolute Gasteiger partial charge is 0.168 e. The summed E-state index contributed by atoms with van der Waals surface area (Å²) in [6, 6.07) is 6.04. The lowest BCUT2D eigenvalue weighted by atomic mass is 10.1. The topological polar surface area (TPSA) is 24.8 Å². The summed E-state index contributed by atoms with van der Waals surface area (Å²) in [6.07, 6.45) is 3.46. The van der Waals surface area contributed by atoms with Crippen molar-refractivity contribution in [1.82, 2.24) is 4.90 Å². The second-order valence-electron chi connectivity index (χ2n) is 5.14. The summed E-state index contributed by atoms with van der Waals surface area (Å²) in [7, 11) is 0.